The van der Waals surface area contributed by atoms with E-state index in [1.807, 2.05) is 33.9 Å². The van der Waals surface area contributed by atoms with Gasteiger partial charge in [0.25, 0.3) is 0 Å². The zero-order valence-corrected chi connectivity index (χ0v) is 14.3. The van der Waals surface area contributed by atoms with E-state index in [1.165, 1.54) is 0 Å². The van der Waals surface area contributed by atoms with Crippen LogP contribution >= 0.6 is 0 Å². The molecule has 0 aromatic carbocycles. The Morgan fingerprint density at radius 2 is 2.08 bits per heavy atom. The summed E-state index contributed by atoms with van der Waals surface area (Å²) in [7, 11) is 1.71. The van der Waals surface area contributed by atoms with Crippen molar-refractivity contribution < 1.29 is 4.74 Å². The minimum atomic E-state index is 0.203. The Labute approximate surface area is 141 Å². The highest BCUT2D eigenvalue weighted by atomic mass is 16.5. The number of aryl methyl sites for hydroxylation is 1. The number of nitrogens with zero attached hydrogens (tertiary/aromatic N) is 6. The molecule has 0 aliphatic rings. The molecule has 0 saturated carbocycles. The summed E-state index contributed by atoms with van der Waals surface area (Å²) < 4.78 is 8.93. The summed E-state index contributed by atoms with van der Waals surface area (Å²) in [6.07, 6.45) is 8.29. The molecular formula is C17H22N6O. The Bertz CT molecular complexity index is 777. The van der Waals surface area contributed by atoms with E-state index in [9.17, 15) is 0 Å². The average Bonchev–Trinajstić information content (AvgIpc) is 3.22. The second-order valence-electron chi connectivity index (χ2n) is 5.88. The first-order chi connectivity index (χ1) is 11.7. The van der Waals surface area contributed by atoms with Gasteiger partial charge < -0.3 is 4.74 Å². The van der Waals surface area contributed by atoms with E-state index < -0.39 is 0 Å². The molecule has 3 aromatic rings. The Hall–Kier alpha value is -2.54. The number of hydrogen-bond acceptors (Lipinski definition) is 5. The van der Waals surface area contributed by atoms with Crippen molar-refractivity contribution in [1.29, 1.82) is 0 Å². The predicted octanol–water partition coefficient (Wildman–Crippen LogP) is 2.82. The molecule has 0 saturated heterocycles. The van der Waals surface area contributed by atoms with Crippen LogP contribution in [0.4, 0.5) is 0 Å². The van der Waals surface area contributed by atoms with Gasteiger partial charge in [-0.2, -0.15) is 10.2 Å². The molecule has 0 aliphatic heterocycles. The fraction of sp³-hybridized carbons (Fsp3) is 0.412. The van der Waals surface area contributed by atoms with E-state index in [0.29, 0.717) is 5.82 Å². The summed E-state index contributed by atoms with van der Waals surface area (Å²) >= 11 is 0. The summed E-state index contributed by atoms with van der Waals surface area (Å²) in [5.74, 6) is 1.50. The molecular weight excluding hydrogens is 304 g/mol. The minimum Gasteiger partial charge on any atom is -0.385 e. The zero-order valence-electron chi connectivity index (χ0n) is 14.3. The normalized spacial score (nSPS) is 11.3. The average molecular weight is 326 g/mol. The van der Waals surface area contributed by atoms with Crippen LogP contribution in [-0.2, 0) is 11.3 Å². The van der Waals surface area contributed by atoms with Crippen LogP contribution in [0.3, 0.4) is 0 Å². The largest absolute Gasteiger partial charge is 0.385 e. The fourth-order valence-electron chi connectivity index (χ4n) is 2.47. The van der Waals surface area contributed by atoms with Gasteiger partial charge in [-0.15, -0.1) is 0 Å². The summed E-state index contributed by atoms with van der Waals surface area (Å²) in [5, 5.41) is 9.06. The predicted molar refractivity (Wildman–Crippen MR) is 91.4 cm³/mol. The van der Waals surface area contributed by atoms with E-state index in [-0.39, 0.29) is 6.04 Å². The number of aromatic nitrogens is 6. The summed E-state index contributed by atoms with van der Waals surface area (Å²) in [6.45, 7) is 5.73. The molecule has 0 unspecified atom stereocenters. The Morgan fingerprint density at radius 3 is 2.79 bits per heavy atom. The maximum atomic E-state index is 5.08. The number of ether oxygens (including phenoxy) is 1. The Balaban J connectivity index is 1.91. The van der Waals surface area contributed by atoms with E-state index in [2.05, 4.69) is 29.0 Å². The van der Waals surface area contributed by atoms with Gasteiger partial charge in [0, 0.05) is 50.5 Å². The molecule has 0 N–H and O–H groups in total. The first-order valence-electron chi connectivity index (χ1n) is 8.07. The molecule has 0 aliphatic carbocycles. The van der Waals surface area contributed by atoms with Gasteiger partial charge in [0.15, 0.2) is 11.6 Å². The van der Waals surface area contributed by atoms with Crippen LogP contribution in [0.5, 0.6) is 0 Å². The Morgan fingerprint density at radius 1 is 1.21 bits per heavy atom. The topological polar surface area (TPSA) is 70.7 Å². The summed E-state index contributed by atoms with van der Waals surface area (Å²) in [5.41, 5.74) is 1.87. The first kappa shape index (κ1) is 16.3. The molecule has 0 radical (unpaired) electrons. The SMILES string of the molecule is COCCCn1cc(-c2nc(-c3cccnc3)nn2C(C)C)cn1. The van der Waals surface area contributed by atoms with E-state index >= 15 is 0 Å². The maximum Gasteiger partial charge on any atom is 0.183 e. The maximum absolute atomic E-state index is 5.08. The van der Waals surface area contributed by atoms with Gasteiger partial charge in [-0.25, -0.2) is 9.67 Å². The molecule has 7 nitrogen and oxygen atoms in total. The van der Waals surface area contributed by atoms with Crippen molar-refractivity contribution in [1.82, 2.24) is 29.5 Å². The smallest absolute Gasteiger partial charge is 0.183 e. The third-order valence-electron chi connectivity index (χ3n) is 3.67. The second-order valence-corrected chi connectivity index (χ2v) is 5.88. The fourth-order valence-corrected chi connectivity index (χ4v) is 2.47. The van der Waals surface area contributed by atoms with Gasteiger partial charge in [0.1, 0.15) is 0 Å². The van der Waals surface area contributed by atoms with Crippen molar-refractivity contribution in [2.45, 2.75) is 32.9 Å². The van der Waals surface area contributed by atoms with Crippen molar-refractivity contribution in [2.24, 2.45) is 0 Å². The molecule has 3 rings (SSSR count). The summed E-state index contributed by atoms with van der Waals surface area (Å²) in [6, 6.07) is 4.05. The molecule has 0 atom stereocenters. The van der Waals surface area contributed by atoms with Crippen molar-refractivity contribution in [3.05, 3.63) is 36.9 Å². The van der Waals surface area contributed by atoms with Crippen LogP contribution in [0.25, 0.3) is 22.8 Å². The number of hydrogen-bond donors (Lipinski definition) is 0. The van der Waals surface area contributed by atoms with E-state index in [0.717, 1.165) is 36.5 Å². The minimum absolute atomic E-state index is 0.203. The molecule has 3 aromatic heterocycles. The lowest BCUT2D eigenvalue weighted by Crippen LogP contribution is -2.05. The van der Waals surface area contributed by atoms with Gasteiger partial charge >= 0.3 is 0 Å². The lowest BCUT2D eigenvalue weighted by Gasteiger charge is -2.07. The van der Waals surface area contributed by atoms with Crippen molar-refractivity contribution in [3.8, 4) is 22.8 Å². The highest BCUT2D eigenvalue weighted by Gasteiger charge is 2.17. The third-order valence-corrected chi connectivity index (χ3v) is 3.67. The van der Waals surface area contributed by atoms with Gasteiger partial charge in [-0.3, -0.25) is 9.67 Å². The van der Waals surface area contributed by atoms with Gasteiger partial charge in [-0.05, 0) is 32.4 Å². The lowest BCUT2D eigenvalue weighted by atomic mass is 10.3. The molecule has 3 heterocycles. The quantitative estimate of drug-likeness (QED) is 0.624. The lowest BCUT2D eigenvalue weighted by molar-refractivity contribution is 0.189. The van der Waals surface area contributed by atoms with Crippen molar-refractivity contribution in [3.63, 3.8) is 0 Å². The molecule has 24 heavy (non-hydrogen) atoms. The first-order valence-corrected chi connectivity index (χ1v) is 8.07. The molecule has 7 heteroatoms. The Kier molecular flexibility index (Phi) is 5.00. The molecule has 0 bridgehead atoms. The van der Waals surface area contributed by atoms with Crippen LogP contribution in [0, 0.1) is 0 Å². The van der Waals surface area contributed by atoms with Crippen LogP contribution in [0.2, 0.25) is 0 Å². The van der Waals surface area contributed by atoms with E-state index in [1.54, 1.807) is 19.5 Å². The van der Waals surface area contributed by atoms with Crippen molar-refractivity contribution in [2.75, 3.05) is 13.7 Å². The van der Waals surface area contributed by atoms with Crippen LogP contribution < -0.4 is 0 Å². The zero-order chi connectivity index (χ0) is 16.9. The highest BCUT2D eigenvalue weighted by molar-refractivity contribution is 5.60. The van der Waals surface area contributed by atoms with Gasteiger partial charge in [0.05, 0.1) is 11.8 Å². The third kappa shape index (κ3) is 3.51. The number of pyridine rings is 1. The monoisotopic (exact) mass is 326 g/mol. The summed E-state index contributed by atoms with van der Waals surface area (Å²) in [4.78, 5) is 8.86. The number of methoxy groups -OCH3 is 1. The van der Waals surface area contributed by atoms with Gasteiger partial charge in [-0.1, -0.05) is 0 Å². The van der Waals surface area contributed by atoms with Crippen molar-refractivity contribution >= 4 is 0 Å². The molecule has 0 amide bonds. The molecule has 0 fully saturated rings. The van der Waals surface area contributed by atoms with Crippen LogP contribution in [0.15, 0.2) is 36.9 Å². The van der Waals surface area contributed by atoms with Crippen LogP contribution in [-0.4, -0.2) is 43.2 Å². The van der Waals surface area contributed by atoms with E-state index in [4.69, 9.17) is 9.72 Å². The number of rotatable bonds is 7. The standard InChI is InChI=1S/C17H22N6O/c1-13(2)23-17(15-11-19-22(12-15)8-5-9-24-3)20-16(21-23)14-6-4-7-18-10-14/h4,6-7,10-13H,5,8-9H2,1-3H3. The molecule has 0 spiro atoms. The van der Waals surface area contributed by atoms with Gasteiger partial charge in [0.2, 0.25) is 0 Å². The molecule has 126 valence electrons. The van der Waals surface area contributed by atoms with Crippen LogP contribution in [0.1, 0.15) is 26.3 Å². The highest BCUT2D eigenvalue weighted by Crippen LogP contribution is 2.24. The second kappa shape index (κ2) is 7.35.